The molecule has 3 unspecified atom stereocenters. The Balaban J connectivity index is 2.20. The molecule has 0 aromatic heterocycles. The molecule has 0 spiro atoms. The summed E-state index contributed by atoms with van der Waals surface area (Å²) in [5.74, 6) is 0.735. The van der Waals surface area contributed by atoms with Crippen molar-refractivity contribution < 1.29 is 0 Å². The monoisotopic (exact) mass is 252 g/mol. The van der Waals surface area contributed by atoms with Crippen molar-refractivity contribution in [1.82, 2.24) is 4.90 Å². The molecule has 2 aliphatic rings. The lowest BCUT2D eigenvalue weighted by atomic mass is 9.63. The van der Waals surface area contributed by atoms with Crippen molar-refractivity contribution in [3.8, 4) is 0 Å². The van der Waals surface area contributed by atoms with Gasteiger partial charge in [0.05, 0.1) is 0 Å². The molecule has 0 bridgehead atoms. The molecule has 1 aliphatic heterocycles. The Hall–Kier alpha value is -0.0800. The molecule has 0 radical (unpaired) electrons. The van der Waals surface area contributed by atoms with Crippen molar-refractivity contribution >= 4 is 0 Å². The highest BCUT2D eigenvalue weighted by Crippen LogP contribution is 2.48. The molecule has 1 saturated carbocycles. The van der Waals surface area contributed by atoms with E-state index in [0.717, 1.165) is 18.5 Å². The predicted octanol–water partition coefficient (Wildman–Crippen LogP) is 3.40. The topological polar surface area (TPSA) is 29.3 Å². The first kappa shape index (κ1) is 14.3. The minimum Gasteiger partial charge on any atom is -0.329 e. The Kier molecular flexibility index (Phi) is 4.08. The lowest BCUT2D eigenvalue weighted by molar-refractivity contribution is -0.0303. The van der Waals surface area contributed by atoms with Crippen LogP contribution >= 0.6 is 0 Å². The fourth-order valence-electron chi connectivity index (χ4n) is 4.62. The van der Waals surface area contributed by atoms with Gasteiger partial charge in [0.2, 0.25) is 0 Å². The first-order valence-electron chi connectivity index (χ1n) is 7.92. The summed E-state index contributed by atoms with van der Waals surface area (Å²) >= 11 is 0. The summed E-state index contributed by atoms with van der Waals surface area (Å²) in [6.07, 6.45) is 8.01. The SMILES string of the molecule is CCC1CCCN1C1(CN)CCC(C)(C)CC1C. The smallest absolute Gasteiger partial charge is 0.0360 e. The van der Waals surface area contributed by atoms with Crippen LogP contribution in [0, 0.1) is 11.3 Å². The standard InChI is InChI=1S/C16H32N2/c1-5-14-7-6-10-18(14)16(12-17)9-8-15(3,4)11-13(16)2/h13-14H,5-12,17H2,1-4H3. The summed E-state index contributed by atoms with van der Waals surface area (Å²) in [5, 5.41) is 0. The van der Waals surface area contributed by atoms with Crippen LogP contribution in [0.15, 0.2) is 0 Å². The third-order valence-electron chi connectivity index (χ3n) is 5.78. The van der Waals surface area contributed by atoms with Gasteiger partial charge in [-0.2, -0.15) is 0 Å². The van der Waals surface area contributed by atoms with E-state index < -0.39 is 0 Å². The summed E-state index contributed by atoms with van der Waals surface area (Å²) in [6.45, 7) is 11.8. The van der Waals surface area contributed by atoms with E-state index in [-0.39, 0.29) is 0 Å². The van der Waals surface area contributed by atoms with Gasteiger partial charge < -0.3 is 5.73 Å². The summed E-state index contributed by atoms with van der Waals surface area (Å²) in [4.78, 5) is 2.80. The second kappa shape index (κ2) is 5.13. The van der Waals surface area contributed by atoms with Crippen LogP contribution in [0.1, 0.15) is 66.2 Å². The molecule has 3 atom stereocenters. The van der Waals surface area contributed by atoms with E-state index in [1.807, 2.05) is 0 Å². The Bertz CT molecular complexity index is 287. The van der Waals surface area contributed by atoms with Gasteiger partial charge in [-0.15, -0.1) is 0 Å². The normalized spacial score (nSPS) is 41.2. The van der Waals surface area contributed by atoms with Gasteiger partial charge in [0.15, 0.2) is 0 Å². The Morgan fingerprint density at radius 3 is 2.56 bits per heavy atom. The highest BCUT2D eigenvalue weighted by molar-refractivity contribution is 5.04. The molecule has 1 heterocycles. The Labute approximate surface area is 113 Å². The van der Waals surface area contributed by atoms with E-state index in [1.165, 1.54) is 45.1 Å². The molecule has 2 N–H and O–H groups in total. The molecular formula is C16H32N2. The van der Waals surface area contributed by atoms with Gasteiger partial charge in [-0.1, -0.05) is 27.7 Å². The minimum atomic E-state index is 0.298. The number of nitrogens with two attached hydrogens (primary N) is 1. The molecule has 2 rings (SSSR count). The van der Waals surface area contributed by atoms with E-state index in [1.54, 1.807) is 0 Å². The fourth-order valence-corrected chi connectivity index (χ4v) is 4.62. The van der Waals surface area contributed by atoms with Crippen LogP contribution in [0.25, 0.3) is 0 Å². The van der Waals surface area contributed by atoms with Gasteiger partial charge in [0.1, 0.15) is 0 Å². The second-order valence-electron chi connectivity index (χ2n) is 7.47. The number of likely N-dealkylation sites (tertiary alicyclic amines) is 1. The Morgan fingerprint density at radius 2 is 2.00 bits per heavy atom. The molecule has 0 aromatic rings. The molecule has 2 nitrogen and oxygen atoms in total. The zero-order chi connectivity index (χ0) is 13.4. The largest absolute Gasteiger partial charge is 0.329 e. The van der Waals surface area contributed by atoms with Gasteiger partial charge in [-0.05, 0) is 56.4 Å². The summed E-state index contributed by atoms with van der Waals surface area (Å²) in [6, 6.07) is 0.789. The predicted molar refractivity (Wildman–Crippen MR) is 78.6 cm³/mol. The fraction of sp³-hybridized carbons (Fsp3) is 1.00. The maximum absolute atomic E-state index is 6.27. The third kappa shape index (κ3) is 2.34. The molecular weight excluding hydrogens is 220 g/mol. The lowest BCUT2D eigenvalue weighted by Crippen LogP contribution is -2.62. The van der Waals surface area contributed by atoms with Gasteiger partial charge in [0, 0.05) is 18.1 Å². The zero-order valence-electron chi connectivity index (χ0n) is 12.8. The van der Waals surface area contributed by atoms with E-state index in [2.05, 4.69) is 32.6 Å². The van der Waals surface area contributed by atoms with Crippen LogP contribution in [-0.4, -0.2) is 29.6 Å². The van der Waals surface area contributed by atoms with Crippen LogP contribution in [0.4, 0.5) is 0 Å². The average molecular weight is 252 g/mol. The third-order valence-corrected chi connectivity index (χ3v) is 5.78. The molecule has 2 fully saturated rings. The van der Waals surface area contributed by atoms with Crippen molar-refractivity contribution in [1.29, 1.82) is 0 Å². The molecule has 0 aromatic carbocycles. The summed E-state index contributed by atoms with van der Waals surface area (Å²) < 4.78 is 0. The van der Waals surface area contributed by atoms with E-state index in [4.69, 9.17) is 5.73 Å². The van der Waals surface area contributed by atoms with Gasteiger partial charge in [-0.25, -0.2) is 0 Å². The lowest BCUT2D eigenvalue weighted by Gasteiger charge is -2.54. The van der Waals surface area contributed by atoms with Crippen LogP contribution in [0.5, 0.6) is 0 Å². The molecule has 1 aliphatic carbocycles. The maximum Gasteiger partial charge on any atom is 0.0360 e. The summed E-state index contributed by atoms with van der Waals surface area (Å²) in [7, 11) is 0. The van der Waals surface area contributed by atoms with Crippen LogP contribution in [0.3, 0.4) is 0 Å². The zero-order valence-corrected chi connectivity index (χ0v) is 12.8. The van der Waals surface area contributed by atoms with Crippen LogP contribution in [-0.2, 0) is 0 Å². The molecule has 18 heavy (non-hydrogen) atoms. The quantitative estimate of drug-likeness (QED) is 0.834. The average Bonchev–Trinajstić information content (AvgIpc) is 2.77. The number of hydrogen-bond donors (Lipinski definition) is 1. The van der Waals surface area contributed by atoms with Crippen molar-refractivity contribution in [2.24, 2.45) is 17.1 Å². The van der Waals surface area contributed by atoms with Crippen LogP contribution in [0.2, 0.25) is 0 Å². The highest BCUT2D eigenvalue weighted by atomic mass is 15.3. The van der Waals surface area contributed by atoms with E-state index >= 15 is 0 Å². The number of nitrogens with zero attached hydrogens (tertiary/aromatic N) is 1. The second-order valence-corrected chi connectivity index (χ2v) is 7.47. The molecule has 1 saturated heterocycles. The van der Waals surface area contributed by atoms with Crippen molar-refractivity contribution in [2.45, 2.75) is 77.8 Å². The van der Waals surface area contributed by atoms with Gasteiger partial charge in [0.25, 0.3) is 0 Å². The first-order valence-corrected chi connectivity index (χ1v) is 7.92. The summed E-state index contributed by atoms with van der Waals surface area (Å²) in [5.41, 5.74) is 7.08. The molecule has 0 amide bonds. The molecule has 106 valence electrons. The van der Waals surface area contributed by atoms with Crippen molar-refractivity contribution in [3.05, 3.63) is 0 Å². The van der Waals surface area contributed by atoms with Crippen molar-refractivity contribution in [2.75, 3.05) is 13.1 Å². The number of rotatable bonds is 3. The minimum absolute atomic E-state index is 0.298. The van der Waals surface area contributed by atoms with Gasteiger partial charge in [-0.3, -0.25) is 4.90 Å². The molecule has 2 heteroatoms. The van der Waals surface area contributed by atoms with E-state index in [0.29, 0.717) is 11.0 Å². The maximum atomic E-state index is 6.27. The van der Waals surface area contributed by atoms with Crippen molar-refractivity contribution in [3.63, 3.8) is 0 Å². The van der Waals surface area contributed by atoms with E-state index in [9.17, 15) is 0 Å². The van der Waals surface area contributed by atoms with Crippen LogP contribution < -0.4 is 5.73 Å². The van der Waals surface area contributed by atoms with Gasteiger partial charge >= 0.3 is 0 Å². The highest BCUT2D eigenvalue weighted by Gasteiger charge is 2.49. The Morgan fingerprint density at radius 1 is 1.28 bits per heavy atom. The first-order chi connectivity index (χ1) is 8.45. The number of hydrogen-bond acceptors (Lipinski definition) is 2.